The summed E-state index contributed by atoms with van der Waals surface area (Å²) in [6.45, 7) is 4.34. The van der Waals surface area contributed by atoms with Gasteiger partial charge in [0.1, 0.15) is 11.4 Å². The van der Waals surface area contributed by atoms with Crippen molar-refractivity contribution in [1.82, 2.24) is 15.6 Å². The highest BCUT2D eigenvalue weighted by atomic mass is 32.1. The Morgan fingerprint density at radius 3 is 2.66 bits per heavy atom. The van der Waals surface area contributed by atoms with Gasteiger partial charge < -0.3 is 25.8 Å². The molecule has 0 aliphatic carbocycles. The van der Waals surface area contributed by atoms with Gasteiger partial charge in [0.05, 0.1) is 6.61 Å². The highest BCUT2D eigenvalue weighted by molar-refractivity contribution is 7.13. The van der Waals surface area contributed by atoms with Gasteiger partial charge in [-0.3, -0.25) is 9.59 Å². The van der Waals surface area contributed by atoms with Crippen LogP contribution in [0.1, 0.15) is 61.4 Å². The van der Waals surface area contributed by atoms with E-state index >= 15 is 0 Å². The molecule has 10 heteroatoms. The highest BCUT2D eigenvalue weighted by Crippen LogP contribution is 2.43. The number of aromatic nitrogens is 1. The molecule has 2 aliphatic heterocycles. The van der Waals surface area contributed by atoms with Gasteiger partial charge in [0.15, 0.2) is 5.69 Å². The standard InChI is InChI=1S/C31H28N4O5S/c1-2-9-33-30(37)25-6-5-21(27(35-25)31(38)39)22-14-26-24(28-17(7-10-40-26)8-11-41-28)13-23(22)29(36)34-20-4-3-18-15-32-16-19(18)12-20/h3-6,8,11-14,32H,2,7,9-10,15-16H2,1H3,(H,33,37)(H,34,36)(H,38,39). The maximum absolute atomic E-state index is 13.9. The van der Waals surface area contributed by atoms with E-state index in [0.29, 0.717) is 30.2 Å². The van der Waals surface area contributed by atoms with Crippen LogP contribution in [0.4, 0.5) is 5.69 Å². The Morgan fingerprint density at radius 2 is 1.83 bits per heavy atom. The lowest BCUT2D eigenvalue weighted by Gasteiger charge is -2.17. The number of benzene rings is 2. The molecule has 6 rings (SSSR count). The number of anilines is 1. The molecule has 2 aromatic carbocycles. The topological polar surface area (TPSA) is 130 Å². The zero-order chi connectivity index (χ0) is 28.5. The lowest BCUT2D eigenvalue weighted by Crippen LogP contribution is -2.25. The van der Waals surface area contributed by atoms with E-state index < -0.39 is 17.8 Å². The molecule has 4 aromatic rings. The van der Waals surface area contributed by atoms with Crippen LogP contribution in [0, 0.1) is 0 Å². The molecule has 4 heterocycles. The van der Waals surface area contributed by atoms with Gasteiger partial charge >= 0.3 is 5.97 Å². The van der Waals surface area contributed by atoms with Crippen molar-refractivity contribution in [3.05, 3.63) is 87.6 Å². The number of rotatable bonds is 7. The predicted molar refractivity (Wildman–Crippen MR) is 157 cm³/mol. The van der Waals surface area contributed by atoms with Crippen LogP contribution < -0.4 is 20.7 Å². The molecule has 0 bridgehead atoms. The number of carbonyl (C=O) groups excluding carboxylic acids is 2. The maximum Gasteiger partial charge on any atom is 0.355 e. The Hall–Kier alpha value is -4.54. The van der Waals surface area contributed by atoms with E-state index in [9.17, 15) is 19.5 Å². The van der Waals surface area contributed by atoms with E-state index in [4.69, 9.17) is 4.74 Å². The fourth-order valence-corrected chi connectivity index (χ4v) is 6.17. The number of fused-ring (bicyclic) bond motifs is 4. The predicted octanol–water partition coefficient (Wildman–Crippen LogP) is 5.11. The molecular weight excluding hydrogens is 540 g/mol. The number of nitrogens with zero attached hydrogens (tertiary/aromatic N) is 1. The molecule has 9 nitrogen and oxygen atoms in total. The summed E-state index contributed by atoms with van der Waals surface area (Å²) in [7, 11) is 0. The van der Waals surface area contributed by atoms with Crippen LogP contribution in [-0.2, 0) is 19.5 Å². The summed E-state index contributed by atoms with van der Waals surface area (Å²) in [6.07, 6.45) is 1.45. The SMILES string of the molecule is CCCNC(=O)c1ccc(-c2cc3c(cc2C(=O)Nc2ccc4c(c2)CNC4)-c2sccc2CCO3)c(C(=O)O)n1. The van der Waals surface area contributed by atoms with Crippen molar-refractivity contribution in [2.45, 2.75) is 32.9 Å². The van der Waals surface area contributed by atoms with E-state index in [1.807, 2.05) is 30.5 Å². The highest BCUT2D eigenvalue weighted by Gasteiger charge is 2.26. The Bertz CT molecular complexity index is 1700. The Kier molecular flexibility index (Phi) is 7.25. The number of ether oxygens (including phenoxy) is 1. The summed E-state index contributed by atoms with van der Waals surface area (Å²) in [5.74, 6) is -1.60. The van der Waals surface area contributed by atoms with Crippen LogP contribution in [-0.4, -0.2) is 41.0 Å². The van der Waals surface area contributed by atoms with E-state index in [-0.39, 0.29) is 22.5 Å². The zero-order valence-corrected chi connectivity index (χ0v) is 23.2. The number of amides is 2. The van der Waals surface area contributed by atoms with Crippen LogP contribution in [0.2, 0.25) is 0 Å². The third-order valence-electron chi connectivity index (χ3n) is 7.24. The second-order valence-electron chi connectivity index (χ2n) is 9.96. The molecule has 0 unspecified atom stereocenters. The lowest BCUT2D eigenvalue weighted by atomic mass is 9.93. The molecule has 0 spiro atoms. The smallest absolute Gasteiger partial charge is 0.355 e. The second-order valence-corrected chi connectivity index (χ2v) is 10.9. The van der Waals surface area contributed by atoms with Gasteiger partial charge in [0.25, 0.3) is 11.8 Å². The first kappa shape index (κ1) is 26.7. The molecular formula is C31H28N4O5S. The van der Waals surface area contributed by atoms with E-state index in [1.54, 1.807) is 23.5 Å². The van der Waals surface area contributed by atoms with Crippen LogP contribution in [0.5, 0.6) is 5.75 Å². The van der Waals surface area contributed by atoms with Crippen molar-refractivity contribution >= 4 is 34.8 Å². The van der Waals surface area contributed by atoms with Crippen molar-refractivity contribution in [2.24, 2.45) is 0 Å². The van der Waals surface area contributed by atoms with Gasteiger partial charge in [0, 0.05) is 58.9 Å². The summed E-state index contributed by atoms with van der Waals surface area (Å²) in [5, 5.41) is 21.2. The molecule has 0 saturated carbocycles. The van der Waals surface area contributed by atoms with Gasteiger partial charge in [-0.25, -0.2) is 9.78 Å². The number of carbonyl (C=O) groups is 3. The van der Waals surface area contributed by atoms with Crippen molar-refractivity contribution in [3.8, 4) is 27.3 Å². The number of thiophene rings is 1. The Labute approximate surface area is 240 Å². The largest absolute Gasteiger partial charge is 0.493 e. The third-order valence-corrected chi connectivity index (χ3v) is 8.23. The summed E-state index contributed by atoms with van der Waals surface area (Å²) < 4.78 is 6.10. The van der Waals surface area contributed by atoms with Gasteiger partial charge in [-0.2, -0.15) is 0 Å². The average molecular weight is 569 g/mol. The monoisotopic (exact) mass is 568 g/mol. The number of hydrogen-bond acceptors (Lipinski definition) is 7. The van der Waals surface area contributed by atoms with Gasteiger partial charge in [-0.15, -0.1) is 11.3 Å². The number of hydrogen-bond donors (Lipinski definition) is 4. The molecule has 0 radical (unpaired) electrons. The lowest BCUT2D eigenvalue weighted by molar-refractivity contribution is 0.0691. The Morgan fingerprint density at radius 1 is 0.976 bits per heavy atom. The minimum Gasteiger partial charge on any atom is -0.493 e. The van der Waals surface area contributed by atoms with Crippen molar-refractivity contribution in [2.75, 3.05) is 18.5 Å². The molecule has 0 atom stereocenters. The van der Waals surface area contributed by atoms with Crippen LogP contribution >= 0.6 is 11.3 Å². The normalized spacial score (nSPS) is 13.3. The first-order valence-corrected chi connectivity index (χ1v) is 14.3. The first-order chi connectivity index (χ1) is 19.9. The van der Waals surface area contributed by atoms with Gasteiger partial charge in [-0.1, -0.05) is 13.0 Å². The second kappa shape index (κ2) is 11.1. The van der Waals surface area contributed by atoms with E-state index in [1.165, 1.54) is 17.7 Å². The molecule has 2 aliphatic rings. The Balaban J connectivity index is 1.48. The van der Waals surface area contributed by atoms with Gasteiger partial charge in [-0.05, 0) is 71.0 Å². The number of pyridine rings is 1. The van der Waals surface area contributed by atoms with Crippen molar-refractivity contribution in [1.29, 1.82) is 0 Å². The number of carboxylic acids is 1. The number of nitrogens with one attached hydrogen (secondary N) is 3. The fraction of sp³-hybridized carbons (Fsp3) is 0.226. The first-order valence-electron chi connectivity index (χ1n) is 13.5. The molecule has 0 saturated heterocycles. The minimum absolute atomic E-state index is 0.00779. The van der Waals surface area contributed by atoms with E-state index in [0.717, 1.165) is 47.5 Å². The number of aromatic carboxylic acids is 1. The summed E-state index contributed by atoms with van der Waals surface area (Å²) in [4.78, 5) is 44.1. The molecule has 2 aromatic heterocycles. The number of carboxylic acid groups (broad SMARTS) is 1. The maximum atomic E-state index is 13.9. The summed E-state index contributed by atoms with van der Waals surface area (Å²) in [6, 6.07) is 14.3. The molecule has 208 valence electrons. The summed E-state index contributed by atoms with van der Waals surface area (Å²) in [5.41, 5.74) is 5.39. The van der Waals surface area contributed by atoms with Crippen LogP contribution in [0.15, 0.2) is 53.9 Å². The fourth-order valence-electron chi connectivity index (χ4n) is 5.19. The molecule has 2 amide bonds. The van der Waals surface area contributed by atoms with Gasteiger partial charge in [0.2, 0.25) is 0 Å². The molecule has 0 fully saturated rings. The molecule has 41 heavy (non-hydrogen) atoms. The zero-order valence-electron chi connectivity index (χ0n) is 22.4. The van der Waals surface area contributed by atoms with Crippen molar-refractivity contribution < 1.29 is 24.2 Å². The molecule has 4 N–H and O–H groups in total. The quantitative estimate of drug-likeness (QED) is 0.244. The average Bonchev–Trinajstić information content (AvgIpc) is 3.61. The van der Waals surface area contributed by atoms with Crippen LogP contribution in [0.25, 0.3) is 21.6 Å². The van der Waals surface area contributed by atoms with Crippen molar-refractivity contribution in [3.63, 3.8) is 0 Å². The van der Waals surface area contributed by atoms with Crippen LogP contribution in [0.3, 0.4) is 0 Å². The minimum atomic E-state index is -1.31. The van der Waals surface area contributed by atoms with E-state index in [2.05, 4.69) is 27.0 Å². The third kappa shape index (κ3) is 5.19. The summed E-state index contributed by atoms with van der Waals surface area (Å²) >= 11 is 1.57.